The standard InChI is InChI=1S/C30H38N2O5/c1-5-18-31(29(33)16-13-24-9-7-6-8-10-24)22-30(34)32(21-26-14-11-23(2)37-26)19-17-25-12-15-27(35-3)28(20-25)36-4/h6-12,14-15,20H,5,13,16-19,21-22H2,1-4H3. The van der Waals surface area contributed by atoms with Gasteiger partial charge in [0.25, 0.3) is 0 Å². The minimum Gasteiger partial charge on any atom is -0.493 e. The molecule has 0 spiro atoms. The maximum absolute atomic E-state index is 13.5. The lowest BCUT2D eigenvalue weighted by Crippen LogP contribution is -2.43. The van der Waals surface area contributed by atoms with Crippen LogP contribution in [0.25, 0.3) is 0 Å². The Morgan fingerprint density at radius 2 is 1.57 bits per heavy atom. The summed E-state index contributed by atoms with van der Waals surface area (Å²) >= 11 is 0. The van der Waals surface area contributed by atoms with Crippen molar-refractivity contribution in [3.63, 3.8) is 0 Å². The first-order valence-electron chi connectivity index (χ1n) is 12.8. The van der Waals surface area contributed by atoms with E-state index in [-0.39, 0.29) is 18.4 Å². The van der Waals surface area contributed by atoms with E-state index in [1.807, 2.05) is 74.5 Å². The molecule has 0 radical (unpaired) electrons. The summed E-state index contributed by atoms with van der Waals surface area (Å²) in [5.41, 5.74) is 2.14. The molecule has 3 rings (SSSR count). The number of carbonyl (C=O) groups excluding carboxylic acids is 2. The average molecular weight is 507 g/mol. The second kappa shape index (κ2) is 14.1. The van der Waals surface area contributed by atoms with Crippen LogP contribution in [0.4, 0.5) is 0 Å². The van der Waals surface area contributed by atoms with Crippen molar-refractivity contribution in [2.24, 2.45) is 0 Å². The van der Waals surface area contributed by atoms with Crippen molar-refractivity contribution < 1.29 is 23.5 Å². The number of aryl methyl sites for hydroxylation is 2. The number of furan rings is 1. The Balaban J connectivity index is 1.70. The molecule has 0 unspecified atom stereocenters. The van der Waals surface area contributed by atoms with Gasteiger partial charge in [0.15, 0.2) is 11.5 Å². The Morgan fingerprint density at radius 1 is 0.811 bits per heavy atom. The van der Waals surface area contributed by atoms with Crippen LogP contribution in [0.1, 0.15) is 42.4 Å². The lowest BCUT2D eigenvalue weighted by Gasteiger charge is -2.27. The zero-order valence-corrected chi connectivity index (χ0v) is 22.4. The summed E-state index contributed by atoms with van der Waals surface area (Å²) in [4.78, 5) is 30.0. The lowest BCUT2D eigenvalue weighted by molar-refractivity contribution is -0.141. The molecule has 0 N–H and O–H groups in total. The molecule has 0 fully saturated rings. The predicted molar refractivity (Wildman–Crippen MR) is 144 cm³/mol. The van der Waals surface area contributed by atoms with Crippen molar-refractivity contribution in [2.75, 3.05) is 33.9 Å². The molecule has 2 amide bonds. The van der Waals surface area contributed by atoms with Gasteiger partial charge in [-0.25, -0.2) is 0 Å². The molecule has 0 aliphatic heterocycles. The second-order valence-corrected chi connectivity index (χ2v) is 9.07. The predicted octanol–water partition coefficient (Wildman–Crippen LogP) is 5.05. The highest BCUT2D eigenvalue weighted by Gasteiger charge is 2.22. The van der Waals surface area contributed by atoms with Crippen LogP contribution in [0, 0.1) is 6.92 Å². The van der Waals surface area contributed by atoms with Gasteiger partial charge in [-0.05, 0) is 61.6 Å². The maximum atomic E-state index is 13.5. The Bertz CT molecular complexity index is 1140. The summed E-state index contributed by atoms with van der Waals surface area (Å²) in [6, 6.07) is 19.5. The summed E-state index contributed by atoms with van der Waals surface area (Å²) < 4.78 is 16.5. The molecule has 0 aliphatic rings. The van der Waals surface area contributed by atoms with Crippen molar-refractivity contribution in [3.8, 4) is 11.5 Å². The van der Waals surface area contributed by atoms with Gasteiger partial charge < -0.3 is 23.7 Å². The highest BCUT2D eigenvalue weighted by molar-refractivity contribution is 5.85. The number of benzene rings is 2. The summed E-state index contributed by atoms with van der Waals surface area (Å²) in [6.45, 7) is 5.32. The monoisotopic (exact) mass is 506 g/mol. The van der Waals surface area contributed by atoms with E-state index < -0.39 is 0 Å². The van der Waals surface area contributed by atoms with Gasteiger partial charge in [-0.1, -0.05) is 43.3 Å². The quantitative estimate of drug-likeness (QED) is 0.306. The molecule has 0 saturated heterocycles. The number of carbonyl (C=O) groups is 2. The highest BCUT2D eigenvalue weighted by atomic mass is 16.5. The van der Waals surface area contributed by atoms with E-state index in [4.69, 9.17) is 13.9 Å². The molecule has 7 heteroatoms. The van der Waals surface area contributed by atoms with Crippen molar-refractivity contribution in [1.29, 1.82) is 0 Å². The molecule has 0 bridgehead atoms. The summed E-state index contributed by atoms with van der Waals surface area (Å²) in [5.74, 6) is 2.72. The maximum Gasteiger partial charge on any atom is 0.242 e. The van der Waals surface area contributed by atoms with Crippen LogP contribution in [0.3, 0.4) is 0 Å². The van der Waals surface area contributed by atoms with E-state index in [1.54, 1.807) is 24.0 Å². The SMILES string of the molecule is CCCN(CC(=O)N(CCc1ccc(OC)c(OC)c1)Cc1ccc(C)o1)C(=O)CCc1ccccc1. The highest BCUT2D eigenvalue weighted by Crippen LogP contribution is 2.28. The number of ether oxygens (including phenoxy) is 2. The first-order valence-corrected chi connectivity index (χ1v) is 12.8. The molecule has 0 aliphatic carbocycles. The number of amides is 2. The first-order chi connectivity index (χ1) is 17.9. The van der Waals surface area contributed by atoms with Gasteiger partial charge in [0, 0.05) is 19.5 Å². The fourth-order valence-corrected chi connectivity index (χ4v) is 4.23. The fraction of sp³-hybridized carbons (Fsp3) is 0.400. The summed E-state index contributed by atoms with van der Waals surface area (Å²) in [6.07, 6.45) is 2.44. The topological polar surface area (TPSA) is 72.2 Å². The van der Waals surface area contributed by atoms with Gasteiger partial charge in [0.1, 0.15) is 11.5 Å². The van der Waals surface area contributed by atoms with Crippen LogP contribution >= 0.6 is 0 Å². The second-order valence-electron chi connectivity index (χ2n) is 9.07. The number of nitrogens with zero attached hydrogens (tertiary/aromatic N) is 2. The Kier molecular flexibility index (Phi) is 10.6. The molecule has 1 heterocycles. The van der Waals surface area contributed by atoms with Crippen molar-refractivity contribution >= 4 is 11.8 Å². The third kappa shape index (κ3) is 8.41. The van der Waals surface area contributed by atoms with Crippen LogP contribution < -0.4 is 9.47 Å². The third-order valence-electron chi connectivity index (χ3n) is 6.26. The van der Waals surface area contributed by atoms with Gasteiger partial charge in [-0.15, -0.1) is 0 Å². The summed E-state index contributed by atoms with van der Waals surface area (Å²) in [7, 11) is 3.21. The summed E-state index contributed by atoms with van der Waals surface area (Å²) in [5, 5.41) is 0. The number of methoxy groups -OCH3 is 2. The minimum absolute atomic E-state index is 0.00673. The van der Waals surface area contributed by atoms with Gasteiger partial charge in [0.05, 0.1) is 27.3 Å². The van der Waals surface area contributed by atoms with Crippen molar-refractivity contribution in [2.45, 2.75) is 46.1 Å². The van der Waals surface area contributed by atoms with E-state index in [0.29, 0.717) is 50.4 Å². The van der Waals surface area contributed by atoms with E-state index >= 15 is 0 Å². The van der Waals surface area contributed by atoms with E-state index in [9.17, 15) is 9.59 Å². The normalized spacial score (nSPS) is 10.7. The molecular weight excluding hydrogens is 468 g/mol. The number of hydrogen-bond donors (Lipinski definition) is 0. The number of hydrogen-bond acceptors (Lipinski definition) is 5. The molecule has 198 valence electrons. The Morgan fingerprint density at radius 3 is 2.22 bits per heavy atom. The molecule has 37 heavy (non-hydrogen) atoms. The number of rotatable bonds is 14. The average Bonchev–Trinajstić information content (AvgIpc) is 3.34. The van der Waals surface area contributed by atoms with Gasteiger partial charge in [0.2, 0.25) is 11.8 Å². The Labute approximate surface area is 220 Å². The van der Waals surface area contributed by atoms with Crippen LogP contribution in [0.15, 0.2) is 65.1 Å². The van der Waals surface area contributed by atoms with Crippen LogP contribution in [-0.4, -0.2) is 55.5 Å². The van der Waals surface area contributed by atoms with E-state index in [1.165, 1.54) is 0 Å². The molecule has 0 saturated carbocycles. The smallest absolute Gasteiger partial charge is 0.242 e. The molecule has 2 aromatic carbocycles. The molecule has 7 nitrogen and oxygen atoms in total. The fourth-order valence-electron chi connectivity index (χ4n) is 4.23. The van der Waals surface area contributed by atoms with Crippen molar-refractivity contribution in [3.05, 3.63) is 83.3 Å². The van der Waals surface area contributed by atoms with Gasteiger partial charge in [-0.3, -0.25) is 9.59 Å². The molecular formula is C30H38N2O5. The zero-order valence-electron chi connectivity index (χ0n) is 22.4. The third-order valence-corrected chi connectivity index (χ3v) is 6.26. The first kappa shape index (κ1) is 27.8. The zero-order chi connectivity index (χ0) is 26.6. The Hall–Kier alpha value is -3.74. The van der Waals surface area contributed by atoms with Gasteiger partial charge >= 0.3 is 0 Å². The molecule has 0 atom stereocenters. The van der Waals surface area contributed by atoms with Crippen molar-refractivity contribution in [1.82, 2.24) is 9.80 Å². The molecule has 1 aromatic heterocycles. The largest absolute Gasteiger partial charge is 0.493 e. The van der Waals surface area contributed by atoms with E-state index in [0.717, 1.165) is 29.1 Å². The minimum atomic E-state index is -0.101. The van der Waals surface area contributed by atoms with Crippen LogP contribution in [0.2, 0.25) is 0 Å². The molecule has 3 aromatic rings. The van der Waals surface area contributed by atoms with Crippen LogP contribution in [0.5, 0.6) is 11.5 Å². The van der Waals surface area contributed by atoms with Crippen LogP contribution in [-0.2, 0) is 29.0 Å². The van der Waals surface area contributed by atoms with E-state index in [2.05, 4.69) is 0 Å². The lowest BCUT2D eigenvalue weighted by atomic mass is 10.1. The van der Waals surface area contributed by atoms with Gasteiger partial charge in [-0.2, -0.15) is 0 Å².